The van der Waals surface area contributed by atoms with Crippen molar-refractivity contribution in [2.24, 2.45) is 5.73 Å². The van der Waals surface area contributed by atoms with Crippen molar-refractivity contribution in [3.63, 3.8) is 0 Å². The molecule has 1 atom stereocenters. The fraction of sp³-hybridized carbons (Fsp3) is 1.00. The molecule has 2 nitrogen and oxygen atoms in total. The van der Waals surface area contributed by atoms with Gasteiger partial charge in [-0.2, -0.15) is 0 Å². The van der Waals surface area contributed by atoms with Gasteiger partial charge in [-0.1, -0.05) is 0 Å². The highest BCUT2D eigenvalue weighted by Gasteiger charge is 2.46. The van der Waals surface area contributed by atoms with E-state index < -0.39 is 0 Å². The lowest BCUT2D eigenvalue weighted by Crippen LogP contribution is -2.41. The van der Waals surface area contributed by atoms with E-state index in [1.807, 2.05) is 0 Å². The summed E-state index contributed by atoms with van der Waals surface area (Å²) in [5.74, 6) is 0. The van der Waals surface area contributed by atoms with Crippen LogP contribution in [-0.2, 0) is 4.74 Å². The van der Waals surface area contributed by atoms with Crippen LogP contribution in [0, 0.1) is 0 Å². The van der Waals surface area contributed by atoms with Crippen molar-refractivity contribution in [3.8, 4) is 0 Å². The van der Waals surface area contributed by atoms with Crippen LogP contribution in [0.1, 0.15) is 32.1 Å². The molecule has 0 aromatic rings. The minimum Gasteiger partial charge on any atom is -0.376 e. The normalized spacial score (nSPS) is 34.1. The van der Waals surface area contributed by atoms with E-state index in [1.165, 1.54) is 32.1 Å². The molecule has 1 saturated heterocycles. The van der Waals surface area contributed by atoms with Crippen molar-refractivity contribution in [2.45, 2.75) is 43.7 Å². The van der Waals surface area contributed by atoms with E-state index >= 15 is 0 Å². The zero-order valence-corrected chi connectivity index (χ0v) is 7.53. The lowest BCUT2D eigenvalue weighted by Gasteiger charge is -2.27. The first kappa shape index (κ1) is 9.30. The van der Waals surface area contributed by atoms with Crippen LogP contribution in [-0.4, -0.2) is 18.2 Å². The van der Waals surface area contributed by atoms with Gasteiger partial charge in [0, 0.05) is 12.1 Å². The number of rotatable bonds is 1. The molecule has 66 valence electrons. The second kappa shape index (κ2) is 3.30. The lowest BCUT2D eigenvalue weighted by atomic mass is 10.0. The SMILES string of the molecule is Cl.NC1(C2CCCCO2)CC1. The summed E-state index contributed by atoms with van der Waals surface area (Å²) in [5, 5.41) is 0. The molecule has 3 heteroatoms. The predicted molar refractivity (Wildman–Crippen MR) is 47.0 cm³/mol. The third-order valence-electron chi connectivity index (χ3n) is 2.65. The van der Waals surface area contributed by atoms with Crippen LogP contribution >= 0.6 is 12.4 Å². The second-order valence-electron chi connectivity index (χ2n) is 3.59. The Hall–Kier alpha value is 0.210. The molecule has 1 heterocycles. The Balaban J connectivity index is 0.000000605. The van der Waals surface area contributed by atoms with Gasteiger partial charge in [0.1, 0.15) is 0 Å². The van der Waals surface area contributed by atoms with Gasteiger partial charge >= 0.3 is 0 Å². The Kier molecular flexibility index (Phi) is 2.79. The van der Waals surface area contributed by atoms with Crippen LogP contribution < -0.4 is 5.73 Å². The molecule has 1 aliphatic heterocycles. The number of hydrogen-bond acceptors (Lipinski definition) is 2. The molecule has 2 aliphatic rings. The molecule has 0 aromatic carbocycles. The number of nitrogens with two attached hydrogens (primary N) is 1. The number of hydrogen-bond donors (Lipinski definition) is 1. The van der Waals surface area contributed by atoms with Gasteiger partial charge in [0.2, 0.25) is 0 Å². The highest BCUT2D eigenvalue weighted by Crippen LogP contribution is 2.40. The highest BCUT2D eigenvalue weighted by atomic mass is 35.5. The molecule has 0 radical (unpaired) electrons. The molecule has 0 bridgehead atoms. The maximum Gasteiger partial charge on any atom is 0.0754 e. The fourth-order valence-electron chi connectivity index (χ4n) is 1.66. The average molecular weight is 178 g/mol. The molecule has 1 saturated carbocycles. The van der Waals surface area contributed by atoms with Crippen molar-refractivity contribution in [3.05, 3.63) is 0 Å². The topological polar surface area (TPSA) is 35.2 Å². The van der Waals surface area contributed by atoms with Gasteiger partial charge in [0.15, 0.2) is 0 Å². The minimum absolute atomic E-state index is 0. The molecule has 2 fully saturated rings. The highest BCUT2D eigenvalue weighted by molar-refractivity contribution is 5.85. The summed E-state index contributed by atoms with van der Waals surface area (Å²) in [7, 11) is 0. The van der Waals surface area contributed by atoms with E-state index in [0.717, 1.165) is 6.61 Å². The summed E-state index contributed by atoms with van der Waals surface area (Å²) < 4.78 is 5.58. The Bertz CT molecular complexity index is 130. The molecule has 1 aliphatic carbocycles. The zero-order chi connectivity index (χ0) is 7.03. The van der Waals surface area contributed by atoms with Crippen LogP contribution in [0.25, 0.3) is 0 Å². The smallest absolute Gasteiger partial charge is 0.0754 e. The average Bonchev–Trinajstić information content (AvgIpc) is 2.72. The van der Waals surface area contributed by atoms with Crippen molar-refractivity contribution in [2.75, 3.05) is 6.61 Å². The number of ether oxygens (including phenoxy) is 1. The van der Waals surface area contributed by atoms with E-state index in [2.05, 4.69) is 0 Å². The van der Waals surface area contributed by atoms with Crippen molar-refractivity contribution in [1.82, 2.24) is 0 Å². The first-order valence-corrected chi connectivity index (χ1v) is 4.22. The zero-order valence-electron chi connectivity index (χ0n) is 6.71. The van der Waals surface area contributed by atoms with Crippen LogP contribution in [0.5, 0.6) is 0 Å². The summed E-state index contributed by atoms with van der Waals surface area (Å²) in [4.78, 5) is 0. The molecular weight excluding hydrogens is 162 g/mol. The fourth-order valence-corrected chi connectivity index (χ4v) is 1.66. The molecule has 2 N–H and O–H groups in total. The monoisotopic (exact) mass is 177 g/mol. The van der Waals surface area contributed by atoms with Gasteiger partial charge in [0.25, 0.3) is 0 Å². The van der Waals surface area contributed by atoms with Gasteiger partial charge in [0.05, 0.1) is 6.10 Å². The van der Waals surface area contributed by atoms with E-state index in [4.69, 9.17) is 10.5 Å². The van der Waals surface area contributed by atoms with Crippen LogP contribution in [0.4, 0.5) is 0 Å². The minimum atomic E-state index is 0. The van der Waals surface area contributed by atoms with Crippen LogP contribution in [0.3, 0.4) is 0 Å². The molecule has 2 rings (SSSR count). The summed E-state index contributed by atoms with van der Waals surface area (Å²) in [6, 6.07) is 0. The molecule has 11 heavy (non-hydrogen) atoms. The van der Waals surface area contributed by atoms with E-state index in [9.17, 15) is 0 Å². The largest absolute Gasteiger partial charge is 0.376 e. The van der Waals surface area contributed by atoms with Gasteiger partial charge in [-0.15, -0.1) is 12.4 Å². The van der Waals surface area contributed by atoms with Crippen LogP contribution in [0.15, 0.2) is 0 Å². The molecular formula is C8H16ClNO. The van der Waals surface area contributed by atoms with Crippen molar-refractivity contribution in [1.29, 1.82) is 0 Å². The van der Waals surface area contributed by atoms with Gasteiger partial charge < -0.3 is 10.5 Å². The summed E-state index contributed by atoms with van der Waals surface area (Å²) in [5.41, 5.74) is 6.09. The summed E-state index contributed by atoms with van der Waals surface area (Å²) in [6.07, 6.45) is 6.48. The van der Waals surface area contributed by atoms with Gasteiger partial charge in [-0.3, -0.25) is 0 Å². The standard InChI is InChI=1S/C8H15NO.ClH/c9-8(4-5-8)7-3-1-2-6-10-7;/h7H,1-6,9H2;1H. The Labute approximate surface area is 73.9 Å². The molecule has 1 unspecified atom stereocenters. The Morgan fingerprint density at radius 2 is 2.00 bits per heavy atom. The quantitative estimate of drug-likeness (QED) is 0.659. The molecule has 0 spiro atoms. The Morgan fingerprint density at radius 3 is 2.45 bits per heavy atom. The Morgan fingerprint density at radius 1 is 1.27 bits per heavy atom. The number of halogens is 1. The predicted octanol–water partition coefficient (Wildman–Crippen LogP) is 1.47. The van der Waals surface area contributed by atoms with Crippen molar-refractivity contribution < 1.29 is 4.74 Å². The molecule has 0 amide bonds. The third-order valence-corrected chi connectivity index (χ3v) is 2.65. The maximum absolute atomic E-state index is 6.00. The van der Waals surface area contributed by atoms with Gasteiger partial charge in [-0.05, 0) is 32.1 Å². The van der Waals surface area contributed by atoms with Crippen LogP contribution in [0.2, 0.25) is 0 Å². The first-order chi connectivity index (χ1) is 4.81. The lowest BCUT2D eigenvalue weighted by molar-refractivity contribution is -0.00590. The third kappa shape index (κ3) is 1.86. The first-order valence-electron chi connectivity index (χ1n) is 4.22. The maximum atomic E-state index is 6.00. The van der Waals surface area contributed by atoms with E-state index in [1.54, 1.807) is 0 Å². The molecule has 0 aromatic heterocycles. The van der Waals surface area contributed by atoms with E-state index in [0.29, 0.717) is 6.10 Å². The summed E-state index contributed by atoms with van der Waals surface area (Å²) >= 11 is 0. The van der Waals surface area contributed by atoms with E-state index in [-0.39, 0.29) is 17.9 Å². The second-order valence-corrected chi connectivity index (χ2v) is 3.59. The summed E-state index contributed by atoms with van der Waals surface area (Å²) in [6.45, 7) is 0.934. The van der Waals surface area contributed by atoms with Gasteiger partial charge in [-0.25, -0.2) is 0 Å². The van der Waals surface area contributed by atoms with Crippen molar-refractivity contribution >= 4 is 12.4 Å².